The number of hydrogen-bond donors (Lipinski definition) is 1. The molecule has 1 unspecified atom stereocenters. The second-order valence-corrected chi connectivity index (χ2v) is 6.22. The maximum Gasteiger partial charge on any atom is 0.254 e. The number of aliphatic hydroxyl groups is 1. The smallest absolute Gasteiger partial charge is 0.254 e. The quantitative estimate of drug-likeness (QED) is 0.895. The SMILES string of the molecule is CC1(C(=O)N2CCC(O)(c3ccccn3)CC2)CCCO1. The van der Waals surface area contributed by atoms with Gasteiger partial charge in [-0.1, -0.05) is 6.07 Å². The maximum absolute atomic E-state index is 12.6. The van der Waals surface area contributed by atoms with Gasteiger partial charge in [-0.15, -0.1) is 0 Å². The highest BCUT2D eigenvalue weighted by Gasteiger charge is 2.44. The number of aromatic nitrogens is 1. The van der Waals surface area contributed by atoms with Crippen LogP contribution >= 0.6 is 0 Å². The monoisotopic (exact) mass is 290 g/mol. The Balaban J connectivity index is 1.66. The molecule has 0 bridgehead atoms. The molecule has 21 heavy (non-hydrogen) atoms. The normalized spacial score (nSPS) is 28.6. The first-order valence-corrected chi connectivity index (χ1v) is 7.61. The first-order chi connectivity index (χ1) is 10.0. The number of likely N-dealkylation sites (tertiary alicyclic amines) is 1. The van der Waals surface area contributed by atoms with Crippen molar-refractivity contribution in [1.29, 1.82) is 0 Å². The van der Waals surface area contributed by atoms with Crippen molar-refractivity contribution in [3.8, 4) is 0 Å². The molecule has 0 radical (unpaired) electrons. The molecule has 1 aromatic heterocycles. The van der Waals surface area contributed by atoms with E-state index in [1.807, 2.05) is 30.0 Å². The van der Waals surface area contributed by atoms with Crippen molar-refractivity contribution < 1.29 is 14.6 Å². The lowest BCUT2D eigenvalue weighted by Crippen LogP contribution is -2.52. The van der Waals surface area contributed by atoms with E-state index in [4.69, 9.17) is 4.74 Å². The van der Waals surface area contributed by atoms with Crippen molar-refractivity contribution in [2.24, 2.45) is 0 Å². The number of ether oxygens (including phenoxy) is 1. The molecule has 1 amide bonds. The van der Waals surface area contributed by atoms with Crippen LogP contribution in [0.5, 0.6) is 0 Å². The second-order valence-electron chi connectivity index (χ2n) is 6.22. The van der Waals surface area contributed by atoms with Crippen molar-refractivity contribution in [1.82, 2.24) is 9.88 Å². The van der Waals surface area contributed by atoms with Crippen LogP contribution < -0.4 is 0 Å². The lowest BCUT2D eigenvalue weighted by atomic mass is 9.87. The van der Waals surface area contributed by atoms with Crippen molar-refractivity contribution >= 4 is 5.91 Å². The molecule has 5 nitrogen and oxygen atoms in total. The number of rotatable bonds is 2. The van der Waals surface area contributed by atoms with Gasteiger partial charge in [-0.2, -0.15) is 0 Å². The fourth-order valence-corrected chi connectivity index (χ4v) is 3.26. The first-order valence-electron chi connectivity index (χ1n) is 7.61. The summed E-state index contributed by atoms with van der Waals surface area (Å²) in [6, 6.07) is 5.56. The van der Waals surface area contributed by atoms with E-state index < -0.39 is 11.2 Å². The first kappa shape index (κ1) is 14.5. The molecule has 114 valence electrons. The predicted molar refractivity (Wildman–Crippen MR) is 77.5 cm³/mol. The Hall–Kier alpha value is -1.46. The van der Waals surface area contributed by atoms with E-state index in [9.17, 15) is 9.90 Å². The summed E-state index contributed by atoms with van der Waals surface area (Å²) in [7, 11) is 0. The van der Waals surface area contributed by atoms with Crippen LogP contribution in [0.2, 0.25) is 0 Å². The van der Waals surface area contributed by atoms with Crippen LogP contribution in [0.4, 0.5) is 0 Å². The molecular formula is C16H22N2O3. The molecule has 0 aliphatic carbocycles. The molecule has 0 aromatic carbocycles. The molecular weight excluding hydrogens is 268 g/mol. The Bertz CT molecular complexity index is 504. The van der Waals surface area contributed by atoms with Gasteiger partial charge in [0.1, 0.15) is 11.2 Å². The Morgan fingerprint density at radius 3 is 2.67 bits per heavy atom. The van der Waals surface area contributed by atoms with Crippen molar-refractivity contribution in [2.45, 2.75) is 43.8 Å². The summed E-state index contributed by atoms with van der Waals surface area (Å²) >= 11 is 0. The molecule has 2 aliphatic rings. The number of pyridine rings is 1. The molecule has 2 aliphatic heterocycles. The molecule has 2 fully saturated rings. The molecule has 1 atom stereocenters. The van der Waals surface area contributed by atoms with E-state index in [1.165, 1.54) is 0 Å². The van der Waals surface area contributed by atoms with E-state index >= 15 is 0 Å². The van der Waals surface area contributed by atoms with E-state index in [1.54, 1.807) is 6.20 Å². The Morgan fingerprint density at radius 1 is 1.33 bits per heavy atom. The Kier molecular flexibility index (Phi) is 3.71. The third-order valence-corrected chi connectivity index (χ3v) is 4.69. The average molecular weight is 290 g/mol. The van der Waals surface area contributed by atoms with Gasteiger partial charge in [-0.25, -0.2) is 0 Å². The minimum Gasteiger partial charge on any atom is -0.383 e. The van der Waals surface area contributed by atoms with Crippen molar-refractivity contribution in [2.75, 3.05) is 19.7 Å². The average Bonchev–Trinajstić information content (AvgIpc) is 2.96. The summed E-state index contributed by atoms with van der Waals surface area (Å²) in [5, 5.41) is 10.7. The Morgan fingerprint density at radius 2 is 2.10 bits per heavy atom. The Labute approximate surface area is 124 Å². The number of carbonyl (C=O) groups excluding carboxylic acids is 1. The fraction of sp³-hybridized carbons (Fsp3) is 0.625. The summed E-state index contributed by atoms with van der Waals surface area (Å²) < 4.78 is 5.63. The van der Waals surface area contributed by atoms with Gasteiger partial charge in [-0.3, -0.25) is 9.78 Å². The summed E-state index contributed by atoms with van der Waals surface area (Å²) in [5.41, 5.74) is -0.893. The lowest BCUT2D eigenvalue weighted by Gasteiger charge is -2.40. The van der Waals surface area contributed by atoms with Gasteiger partial charge in [0.25, 0.3) is 5.91 Å². The molecule has 5 heteroatoms. The standard InChI is InChI=1S/C16H22N2O3/c1-15(6-4-12-21-15)14(19)18-10-7-16(20,8-11-18)13-5-2-3-9-17-13/h2-3,5,9,20H,4,6-8,10-12H2,1H3. The van der Waals surface area contributed by atoms with E-state index in [0.29, 0.717) is 38.2 Å². The van der Waals surface area contributed by atoms with Gasteiger partial charge >= 0.3 is 0 Å². The third kappa shape index (κ3) is 2.68. The predicted octanol–water partition coefficient (Wildman–Crippen LogP) is 1.46. The van der Waals surface area contributed by atoms with Gasteiger partial charge in [0.05, 0.1) is 5.69 Å². The highest BCUT2D eigenvalue weighted by atomic mass is 16.5. The largest absolute Gasteiger partial charge is 0.383 e. The number of nitrogens with zero attached hydrogens (tertiary/aromatic N) is 2. The van der Waals surface area contributed by atoms with Crippen LogP contribution in [0.3, 0.4) is 0 Å². The minimum atomic E-state index is -0.921. The summed E-state index contributed by atoms with van der Waals surface area (Å²) in [4.78, 5) is 18.7. The zero-order valence-corrected chi connectivity index (χ0v) is 12.4. The van der Waals surface area contributed by atoms with Crippen LogP contribution in [0.15, 0.2) is 24.4 Å². The van der Waals surface area contributed by atoms with Gasteiger partial charge in [0, 0.05) is 25.9 Å². The van der Waals surface area contributed by atoms with Crippen LogP contribution in [-0.4, -0.2) is 46.2 Å². The van der Waals surface area contributed by atoms with Crippen molar-refractivity contribution in [3.63, 3.8) is 0 Å². The third-order valence-electron chi connectivity index (χ3n) is 4.69. The number of hydrogen-bond acceptors (Lipinski definition) is 4. The molecule has 0 spiro atoms. The molecule has 2 saturated heterocycles. The van der Waals surface area contributed by atoms with E-state index in [2.05, 4.69) is 4.98 Å². The van der Waals surface area contributed by atoms with Crippen LogP contribution in [0.25, 0.3) is 0 Å². The summed E-state index contributed by atoms with van der Waals surface area (Å²) in [5.74, 6) is 0.0584. The van der Waals surface area contributed by atoms with E-state index in [0.717, 1.165) is 12.8 Å². The summed E-state index contributed by atoms with van der Waals surface area (Å²) in [6.45, 7) is 3.63. The second kappa shape index (κ2) is 5.39. The highest BCUT2D eigenvalue weighted by Crippen LogP contribution is 2.34. The number of carbonyl (C=O) groups is 1. The molecule has 1 aromatic rings. The van der Waals surface area contributed by atoms with Crippen LogP contribution in [0.1, 0.15) is 38.3 Å². The molecule has 3 rings (SSSR count). The van der Waals surface area contributed by atoms with Crippen LogP contribution in [-0.2, 0) is 15.1 Å². The van der Waals surface area contributed by atoms with Crippen LogP contribution in [0, 0.1) is 0 Å². The van der Waals surface area contributed by atoms with E-state index in [-0.39, 0.29) is 5.91 Å². The van der Waals surface area contributed by atoms with Crippen molar-refractivity contribution in [3.05, 3.63) is 30.1 Å². The minimum absolute atomic E-state index is 0.0584. The zero-order chi connectivity index (χ0) is 14.9. The fourth-order valence-electron chi connectivity index (χ4n) is 3.26. The highest BCUT2D eigenvalue weighted by molar-refractivity contribution is 5.85. The lowest BCUT2D eigenvalue weighted by molar-refractivity contribution is -0.155. The van der Waals surface area contributed by atoms with Gasteiger partial charge in [-0.05, 0) is 44.7 Å². The maximum atomic E-state index is 12.6. The summed E-state index contributed by atoms with van der Waals surface area (Å²) in [6.07, 6.45) is 4.46. The topological polar surface area (TPSA) is 62.7 Å². The molecule has 0 saturated carbocycles. The van der Waals surface area contributed by atoms with Gasteiger partial charge in [0.15, 0.2) is 0 Å². The van der Waals surface area contributed by atoms with Gasteiger partial charge in [0.2, 0.25) is 0 Å². The van der Waals surface area contributed by atoms with Gasteiger partial charge < -0.3 is 14.7 Å². The number of piperidine rings is 1. The number of amides is 1. The zero-order valence-electron chi connectivity index (χ0n) is 12.4. The molecule has 1 N–H and O–H groups in total. The molecule has 3 heterocycles.